The van der Waals surface area contributed by atoms with Crippen molar-refractivity contribution in [2.24, 2.45) is 11.3 Å². The number of carbonyl (C=O) groups excluding carboxylic acids is 5. The second-order valence-corrected chi connectivity index (χ2v) is 18.3. The predicted molar refractivity (Wildman–Crippen MR) is 254 cm³/mol. The van der Waals surface area contributed by atoms with Crippen LogP contribution in [0.5, 0.6) is 0 Å². The first-order chi connectivity index (χ1) is 31.1. The summed E-state index contributed by atoms with van der Waals surface area (Å²) in [5.74, 6) is -0.670. The summed E-state index contributed by atoms with van der Waals surface area (Å²) < 4.78 is 13.4. The summed E-state index contributed by atoms with van der Waals surface area (Å²) in [6, 6.07) is 17.5. The molecule has 14 heteroatoms. The third kappa shape index (κ3) is 12.1. The molecule has 4 amide bonds. The number of hydrogen-bond donors (Lipinski definition) is 2. The lowest BCUT2D eigenvalue weighted by molar-refractivity contribution is -0.142. The molecule has 6 rings (SSSR count). The molecule has 0 radical (unpaired) electrons. The third-order valence-corrected chi connectivity index (χ3v) is 12.5. The lowest BCUT2D eigenvalue weighted by atomic mass is 9.84. The minimum atomic E-state index is -0.848. The summed E-state index contributed by atoms with van der Waals surface area (Å²) in [6.45, 7) is 21.2. The van der Waals surface area contributed by atoms with Gasteiger partial charge in [0.1, 0.15) is 12.1 Å². The fourth-order valence-corrected chi connectivity index (χ4v) is 8.88. The molecular weight excluding hydrogens is 823 g/mol. The van der Waals surface area contributed by atoms with Crippen molar-refractivity contribution in [3.8, 4) is 22.4 Å². The molecular formula is C51H69N7O7. The number of rotatable bonds is 19. The van der Waals surface area contributed by atoms with Gasteiger partial charge in [-0.3, -0.25) is 34.0 Å². The average Bonchev–Trinajstić information content (AvgIpc) is 3.61. The van der Waals surface area contributed by atoms with E-state index in [-0.39, 0.29) is 48.2 Å². The van der Waals surface area contributed by atoms with Crippen LogP contribution in [0.4, 0.5) is 0 Å². The summed E-state index contributed by atoms with van der Waals surface area (Å²) in [7, 11) is 3.27. The standard InChI is InChI=1S/C44H58N6O6.C7H11NO/c1-9-49-38-18-17-33(24-35(38)36(25-44(5,6)26-56-28-52)41(49)34-16-13-19-45-39(34)30(4)55-8)32-15-12-14-31(22-32)23-37(43(54)50-21-11-10-20-46-50)47-42(53)40(29(2)3)48(7)27-51;1-3-7(9)8-5-4-6(8)2/h12-19,22,24,27-30,37,40,46H,9-11,20-21,23,25-26H2,1-8H3,(H,47,53);3,6H,1,4-5H2,2H3. The Balaban J connectivity index is 0.000000785. The van der Waals surface area contributed by atoms with Gasteiger partial charge in [-0.1, -0.05) is 64.6 Å². The molecule has 0 spiro atoms. The van der Waals surface area contributed by atoms with Gasteiger partial charge >= 0.3 is 0 Å². The van der Waals surface area contributed by atoms with Crippen molar-refractivity contribution < 1.29 is 33.4 Å². The van der Waals surface area contributed by atoms with Gasteiger partial charge in [-0.05, 0) is 105 Å². The first kappa shape index (κ1) is 50.1. The molecule has 2 aliphatic rings. The molecule has 0 aliphatic carbocycles. The molecule has 65 heavy (non-hydrogen) atoms. The summed E-state index contributed by atoms with van der Waals surface area (Å²) >= 11 is 0. The number of nitrogens with one attached hydrogen (secondary N) is 2. The van der Waals surface area contributed by atoms with E-state index in [0.29, 0.717) is 38.4 Å². The maximum atomic E-state index is 14.0. The molecule has 350 valence electrons. The fourth-order valence-electron chi connectivity index (χ4n) is 8.88. The topological polar surface area (TPSA) is 155 Å². The van der Waals surface area contributed by atoms with Crippen LogP contribution >= 0.6 is 0 Å². The highest BCUT2D eigenvalue weighted by atomic mass is 16.5. The molecule has 0 bridgehead atoms. The van der Waals surface area contributed by atoms with Gasteiger partial charge in [-0.15, -0.1) is 0 Å². The minimum Gasteiger partial charge on any atom is -0.467 e. The Bertz CT molecular complexity index is 2300. The number of likely N-dealkylation sites (tertiary alicyclic amines) is 1. The number of ether oxygens (including phenoxy) is 2. The molecule has 2 fully saturated rings. The molecule has 2 saturated heterocycles. The zero-order valence-corrected chi connectivity index (χ0v) is 39.8. The molecule has 14 nitrogen and oxygen atoms in total. The zero-order chi connectivity index (χ0) is 47.4. The van der Waals surface area contributed by atoms with Crippen molar-refractivity contribution in [3.63, 3.8) is 0 Å². The van der Waals surface area contributed by atoms with E-state index in [9.17, 15) is 24.0 Å². The first-order valence-corrected chi connectivity index (χ1v) is 22.8. The number of carbonyl (C=O) groups is 5. The summed E-state index contributed by atoms with van der Waals surface area (Å²) in [5.41, 5.74) is 10.8. The van der Waals surface area contributed by atoms with Crippen LogP contribution in [-0.4, -0.2) is 113 Å². The number of nitrogens with zero attached hydrogens (tertiary/aromatic N) is 5. The maximum Gasteiger partial charge on any atom is 0.293 e. The van der Waals surface area contributed by atoms with Crippen molar-refractivity contribution in [1.29, 1.82) is 0 Å². The second kappa shape index (κ2) is 22.9. The van der Waals surface area contributed by atoms with Crippen LogP contribution in [0.3, 0.4) is 0 Å². The van der Waals surface area contributed by atoms with Gasteiger partial charge in [0.05, 0.1) is 24.1 Å². The number of hydrazine groups is 1. The number of pyridine rings is 1. The molecule has 4 atom stereocenters. The van der Waals surface area contributed by atoms with Crippen molar-refractivity contribution >= 4 is 41.5 Å². The lowest BCUT2D eigenvalue weighted by Crippen LogP contribution is -2.58. The largest absolute Gasteiger partial charge is 0.467 e. The summed E-state index contributed by atoms with van der Waals surface area (Å²) in [4.78, 5) is 69.3. The SMILES string of the molecule is C=CC(=O)N1CCC1C.CCn1c(-c2cccnc2C(C)OC)c(CC(C)(C)COC=O)c2cc(-c3cccc(CC(NC(=O)C(C(C)C)N(C)C=O)C(=O)N4CCCCN4)c3)ccc21. The second-order valence-electron chi connectivity index (χ2n) is 18.3. The molecule has 2 N–H and O–H groups in total. The van der Waals surface area contributed by atoms with Gasteiger partial charge in [-0.2, -0.15) is 0 Å². The highest BCUT2D eigenvalue weighted by molar-refractivity contribution is 5.95. The van der Waals surface area contributed by atoms with Gasteiger partial charge in [0, 0.05) is 80.9 Å². The number of fused-ring (bicyclic) bond motifs is 1. The van der Waals surface area contributed by atoms with Crippen molar-refractivity contribution in [2.45, 2.75) is 111 Å². The number of benzene rings is 2. The lowest BCUT2D eigenvalue weighted by Gasteiger charge is -2.37. The van der Waals surface area contributed by atoms with E-state index in [0.717, 1.165) is 82.5 Å². The highest BCUT2D eigenvalue weighted by Gasteiger charge is 2.33. The first-order valence-electron chi connectivity index (χ1n) is 22.8. The van der Waals surface area contributed by atoms with Crippen LogP contribution in [0.25, 0.3) is 33.3 Å². The third-order valence-electron chi connectivity index (χ3n) is 12.5. The van der Waals surface area contributed by atoms with Gasteiger partial charge in [0.2, 0.25) is 18.2 Å². The smallest absolute Gasteiger partial charge is 0.293 e. The van der Waals surface area contributed by atoms with E-state index in [4.69, 9.17) is 14.5 Å². The monoisotopic (exact) mass is 892 g/mol. The Morgan fingerprint density at radius 1 is 1.05 bits per heavy atom. The molecule has 4 heterocycles. The van der Waals surface area contributed by atoms with Gasteiger partial charge in [0.25, 0.3) is 12.4 Å². The number of amides is 4. The van der Waals surface area contributed by atoms with E-state index in [1.165, 1.54) is 11.0 Å². The van der Waals surface area contributed by atoms with Crippen LogP contribution in [0.1, 0.15) is 90.7 Å². The Kier molecular flexibility index (Phi) is 17.6. The minimum absolute atomic E-state index is 0.0637. The molecule has 0 saturated carbocycles. The van der Waals surface area contributed by atoms with Gasteiger partial charge in [-0.25, -0.2) is 5.43 Å². The molecule has 4 aromatic rings. The highest BCUT2D eigenvalue weighted by Crippen LogP contribution is 2.42. The van der Waals surface area contributed by atoms with Crippen LogP contribution in [0, 0.1) is 11.3 Å². The van der Waals surface area contributed by atoms with E-state index in [1.807, 2.05) is 50.8 Å². The summed E-state index contributed by atoms with van der Waals surface area (Å²) in [5, 5.41) is 5.71. The fraction of sp³-hybridized carbons (Fsp3) is 0.490. The average molecular weight is 892 g/mol. The van der Waals surface area contributed by atoms with Crippen molar-refractivity contribution in [2.75, 3.05) is 40.4 Å². The van der Waals surface area contributed by atoms with Gasteiger partial charge in [0.15, 0.2) is 0 Å². The van der Waals surface area contributed by atoms with Crippen molar-refractivity contribution in [1.82, 2.24) is 35.1 Å². The van der Waals surface area contributed by atoms with E-state index < -0.39 is 12.1 Å². The quantitative estimate of drug-likeness (QED) is 0.0756. The van der Waals surface area contributed by atoms with Crippen LogP contribution in [0.15, 0.2) is 73.4 Å². The molecule has 4 unspecified atom stereocenters. The maximum absolute atomic E-state index is 14.0. The van der Waals surface area contributed by atoms with Crippen LogP contribution in [0.2, 0.25) is 0 Å². The molecule has 2 aliphatic heterocycles. The Morgan fingerprint density at radius 2 is 1.80 bits per heavy atom. The van der Waals surface area contributed by atoms with E-state index in [1.54, 1.807) is 25.4 Å². The number of aromatic nitrogens is 2. The number of methoxy groups -OCH3 is 1. The normalized spacial score (nSPS) is 16.4. The zero-order valence-electron chi connectivity index (χ0n) is 39.8. The molecule has 2 aromatic carbocycles. The number of hydrogen-bond acceptors (Lipinski definition) is 9. The van der Waals surface area contributed by atoms with Crippen LogP contribution < -0.4 is 10.7 Å². The number of aryl methyl sites for hydroxylation is 1. The summed E-state index contributed by atoms with van der Waals surface area (Å²) in [6.07, 6.45) is 7.45. The Labute approximate surface area is 384 Å². The number of likely N-dealkylation sites (N-methyl/N-ethyl adjacent to an activating group) is 1. The van der Waals surface area contributed by atoms with Crippen LogP contribution in [-0.2, 0) is 52.8 Å². The molecule has 2 aromatic heterocycles. The Hall–Kier alpha value is -5.86. The van der Waals surface area contributed by atoms with Gasteiger partial charge < -0.3 is 29.2 Å². The van der Waals surface area contributed by atoms with Crippen molar-refractivity contribution in [3.05, 3.63) is 90.3 Å². The predicted octanol–water partition coefficient (Wildman–Crippen LogP) is 6.90. The van der Waals surface area contributed by atoms with E-state index in [2.05, 4.69) is 79.1 Å². The van der Waals surface area contributed by atoms with E-state index >= 15 is 0 Å². The Morgan fingerprint density at radius 3 is 2.38 bits per heavy atom.